The van der Waals surface area contributed by atoms with E-state index in [0.29, 0.717) is 29.9 Å². The molecule has 1 saturated carbocycles. The maximum atomic E-state index is 11.2. The van der Waals surface area contributed by atoms with Crippen LogP contribution in [0.15, 0.2) is 0 Å². The molecule has 6 heteroatoms. The van der Waals surface area contributed by atoms with Crippen molar-refractivity contribution in [3.63, 3.8) is 0 Å². The van der Waals surface area contributed by atoms with Crippen LogP contribution in [0.5, 0.6) is 0 Å². The average Bonchev–Trinajstić information content (AvgIpc) is 2.91. The van der Waals surface area contributed by atoms with Crippen LogP contribution in [0.2, 0.25) is 0 Å². The smallest absolute Gasteiger partial charge is 0.333 e. The molecule has 1 heterocycles. The van der Waals surface area contributed by atoms with Gasteiger partial charge in [0.05, 0.1) is 4.92 Å². The summed E-state index contributed by atoms with van der Waals surface area (Å²) in [5.41, 5.74) is 0.620. The fourth-order valence-corrected chi connectivity index (χ4v) is 3.09. The molecule has 1 N–H and O–H groups in total. The summed E-state index contributed by atoms with van der Waals surface area (Å²) >= 11 is 0. The molecule has 20 heavy (non-hydrogen) atoms. The lowest BCUT2D eigenvalue weighted by molar-refractivity contribution is -0.384. The van der Waals surface area contributed by atoms with Gasteiger partial charge < -0.3 is 5.32 Å². The van der Waals surface area contributed by atoms with Crippen molar-refractivity contribution < 1.29 is 4.92 Å². The molecule has 0 bridgehead atoms. The van der Waals surface area contributed by atoms with E-state index in [0.717, 1.165) is 13.0 Å². The monoisotopic (exact) mass is 280 g/mol. The molecule has 2 rings (SSSR count). The first-order valence-corrected chi connectivity index (χ1v) is 7.50. The SMILES string of the molecule is CCCn1nc(C)c([N+](=O)[O-])c1NCC1CCCC1C. The molecule has 0 amide bonds. The molecule has 1 aliphatic rings. The van der Waals surface area contributed by atoms with Gasteiger partial charge in [-0.05, 0) is 31.6 Å². The van der Waals surface area contributed by atoms with Gasteiger partial charge in [-0.15, -0.1) is 0 Å². The van der Waals surface area contributed by atoms with Crippen LogP contribution in [-0.2, 0) is 6.54 Å². The highest BCUT2D eigenvalue weighted by atomic mass is 16.6. The van der Waals surface area contributed by atoms with E-state index in [9.17, 15) is 10.1 Å². The van der Waals surface area contributed by atoms with Gasteiger partial charge in [-0.2, -0.15) is 5.10 Å². The molecule has 6 nitrogen and oxygen atoms in total. The van der Waals surface area contributed by atoms with Crippen LogP contribution in [0.25, 0.3) is 0 Å². The Hall–Kier alpha value is -1.59. The molecule has 2 atom stereocenters. The highest BCUT2D eigenvalue weighted by Crippen LogP contribution is 2.33. The summed E-state index contributed by atoms with van der Waals surface area (Å²) in [6, 6.07) is 0. The van der Waals surface area contributed by atoms with E-state index in [1.165, 1.54) is 19.3 Å². The minimum atomic E-state index is -0.325. The van der Waals surface area contributed by atoms with Crippen LogP contribution in [0.1, 0.15) is 45.2 Å². The van der Waals surface area contributed by atoms with E-state index in [2.05, 4.69) is 17.3 Å². The van der Waals surface area contributed by atoms with Crippen LogP contribution in [0, 0.1) is 28.9 Å². The van der Waals surface area contributed by atoms with Crippen LogP contribution in [0.4, 0.5) is 11.5 Å². The number of anilines is 1. The fourth-order valence-electron chi connectivity index (χ4n) is 3.09. The molecule has 1 aliphatic carbocycles. The maximum Gasteiger partial charge on any atom is 0.333 e. The first kappa shape index (κ1) is 14.8. The lowest BCUT2D eigenvalue weighted by Crippen LogP contribution is -2.19. The number of aryl methyl sites for hydroxylation is 2. The predicted molar refractivity (Wildman–Crippen MR) is 78.9 cm³/mol. The van der Waals surface area contributed by atoms with Crippen molar-refractivity contribution in [1.82, 2.24) is 9.78 Å². The first-order valence-electron chi connectivity index (χ1n) is 7.50. The van der Waals surface area contributed by atoms with Gasteiger partial charge in [0.2, 0.25) is 5.82 Å². The summed E-state index contributed by atoms with van der Waals surface area (Å²) in [5, 5.41) is 18.8. The van der Waals surface area contributed by atoms with Gasteiger partial charge in [0.15, 0.2) is 0 Å². The number of nitrogens with one attached hydrogen (secondary N) is 1. The van der Waals surface area contributed by atoms with Crippen molar-refractivity contribution in [3.8, 4) is 0 Å². The van der Waals surface area contributed by atoms with E-state index >= 15 is 0 Å². The molecule has 1 aromatic rings. The third-order valence-electron chi connectivity index (χ3n) is 4.28. The molecule has 0 aromatic carbocycles. The van der Waals surface area contributed by atoms with Crippen LogP contribution in [0.3, 0.4) is 0 Å². The summed E-state index contributed by atoms with van der Waals surface area (Å²) in [6.45, 7) is 7.52. The van der Waals surface area contributed by atoms with Crippen molar-refractivity contribution in [3.05, 3.63) is 15.8 Å². The number of rotatable bonds is 6. The van der Waals surface area contributed by atoms with Crippen LogP contribution >= 0.6 is 0 Å². The topological polar surface area (TPSA) is 73.0 Å². The number of nitrogens with zero attached hydrogens (tertiary/aromatic N) is 3. The summed E-state index contributed by atoms with van der Waals surface area (Å²) in [5.74, 6) is 1.89. The molecule has 1 aromatic heterocycles. The molecule has 112 valence electrons. The van der Waals surface area contributed by atoms with Crippen molar-refractivity contribution in [2.75, 3.05) is 11.9 Å². The zero-order valence-corrected chi connectivity index (χ0v) is 12.6. The molecule has 2 unspecified atom stereocenters. The van der Waals surface area contributed by atoms with Gasteiger partial charge >= 0.3 is 5.69 Å². The Balaban J connectivity index is 2.17. The zero-order chi connectivity index (χ0) is 14.7. The zero-order valence-electron chi connectivity index (χ0n) is 12.6. The predicted octanol–water partition coefficient (Wildman–Crippen LogP) is 3.36. The Morgan fingerprint density at radius 2 is 2.25 bits per heavy atom. The Morgan fingerprint density at radius 1 is 1.50 bits per heavy atom. The van der Waals surface area contributed by atoms with Crippen molar-refractivity contribution in [1.29, 1.82) is 0 Å². The number of hydrogen-bond donors (Lipinski definition) is 1. The Morgan fingerprint density at radius 3 is 2.80 bits per heavy atom. The summed E-state index contributed by atoms with van der Waals surface area (Å²) < 4.78 is 1.74. The Labute approximate surface area is 119 Å². The standard InChI is InChI=1S/C14H24N4O2/c1-4-8-17-14(13(18(19)20)11(3)16-17)15-9-12-7-5-6-10(12)2/h10,12,15H,4-9H2,1-3H3. The van der Waals surface area contributed by atoms with Crippen LogP contribution in [-0.4, -0.2) is 21.2 Å². The lowest BCUT2D eigenvalue weighted by atomic mass is 9.98. The maximum absolute atomic E-state index is 11.2. The molecular formula is C14H24N4O2. The lowest BCUT2D eigenvalue weighted by Gasteiger charge is -2.17. The Bertz CT molecular complexity index is 484. The second kappa shape index (κ2) is 6.24. The van der Waals surface area contributed by atoms with Gasteiger partial charge in [-0.3, -0.25) is 10.1 Å². The summed E-state index contributed by atoms with van der Waals surface area (Å²) in [6.07, 6.45) is 4.65. The third-order valence-corrected chi connectivity index (χ3v) is 4.28. The van der Waals surface area contributed by atoms with Crippen molar-refractivity contribution in [2.24, 2.45) is 11.8 Å². The third kappa shape index (κ3) is 2.94. The van der Waals surface area contributed by atoms with Gasteiger partial charge in [-0.1, -0.05) is 26.7 Å². The second-order valence-corrected chi connectivity index (χ2v) is 5.81. The van der Waals surface area contributed by atoms with Gasteiger partial charge in [0, 0.05) is 13.1 Å². The molecule has 0 saturated heterocycles. The largest absolute Gasteiger partial charge is 0.364 e. The van der Waals surface area contributed by atoms with Gasteiger partial charge in [0.25, 0.3) is 0 Å². The summed E-state index contributed by atoms with van der Waals surface area (Å²) in [4.78, 5) is 10.9. The van der Waals surface area contributed by atoms with Gasteiger partial charge in [-0.25, -0.2) is 4.68 Å². The highest BCUT2D eigenvalue weighted by molar-refractivity contribution is 5.59. The molecule has 1 fully saturated rings. The molecule has 0 spiro atoms. The summed E-state index contributed by atoms with van der Waals surface area (Å²) in [7, 11) is 0. The molecular weight excluding hydrogens is 256 g/mol. The molecule has 0 aliphatic heterocycles. The molecule has 0 radical (unpaired) electrons. The highest BCUT2D eigenvalue weighted by Gasteiger charge is 2.28. The minimum Gasteiger partial charge on any atom is -0.364 e. The second-order valence-electron chi connectivity index (χ2n) is 5.81. The van der Waals surface area contributed by atoms with Gasteiger partial charge in [0.1, 0.15) is 5.69 Å². The quantitative estimate of drug-likeness (QED) is 0.640. The number of aromatic nitrogens is 2. The normalized spacial score (nSPS) is 22.1. The fraction of sp³-hybridized carbons (Fsp3) is 0.786. The van der Waals surface area contributed by atoms with Crippen LogP contribution < -0.4 is 5.32 Å². The van der Waals surface area contributed by atoms with Crippen molar-refractivity contribution in [2.45, 2.75) is 53.0 Å². The Kier molecular flexibility index (Phi) is 4.62. The average molecular weight is 280 g/mol. The number of nitro groups is 1. The van der Waals surface area contributed by atoms with E-state index in [1.54, 1.807) is 11.6 Å². The number of hydrogen-bond acceptors (Lipinski definition) is 4. The first-order chi connectivity index (χ1) is 9.54. The minimum absolute atomic E-state index is 0.129. The van der Waals surface area contributed by atoms with E-state index in [4.69, 9.17) is 0 Å². The van der Waals surface area contributed by atoms with E-state index < -0.39 is 0 Å². The van der Waals surface area contributed by atoms with Crippen molar-refractivity contribution >= 4 is 11.5 Å². The van der Waals surface area contributed by atoms with E-state index in [1.807, 2.05) is 6.92 Å². The van der Waals surface area contributed by atoms with E-state index in [-0.39, 0.29) is 10.6 Å².